The van der Waals surface area contributed by atoms with Crippen LogP contribution in [0.3, 0.4) is 0 Å². The van der Waals surface area contributed by atoms with Gasteiger partial charge in [-0.25, -0.2) is 15.0 Å². The van der Waals surface area contributed by atoms with Crippen molar-refractivity contribution < 1.29 is 9.47 Å². The molecule has 1 saturated heterocycles. The van der Waals surface area contributed by atoms with E-state index in [0.29, 0.717) is 12.5 Å². The second-order valence-corrected chi connectivity index (χ2v) is 6.91. The van der Waals surface area contributed by atoms with Crippen molar-refractivity contribution in [2.75, 3.05) is 32.1 Å². The Kier molecular flexibility index (Phi) is 6.80. The summed E-state index contributed by atoms with van der Waals surface area (Å²) in [6.45, 7) is 10.7. The summed E-state index contributed by atoms with van der Waals surface area (Å²) in [5.74, 6) is 1.47. The largest absolute Gasteiger partial charge is 0.481 e. The van der Waals surface area contributed by atoms with Crippen LogP contribution in [0.4, 0.5) is 5.82 Å². The van der Waals surface area contributed by atoms with Crippen molar-refractivity contribution in [3.8, 4) is 17.1 Å². The fourth-order valence-corrected chi connectivity index (χ4v) is 3.59. The van der Waals surface area contributed by atoms with Crippen LogP contribution < -0.4 is 15.4 Å². The summed E-state index contributed by atoms with van der Waals surface area (Å²) in [5, 5.41) is 6.98. The van der Waals surface area contributed by atoms with E-state index in [9.17, 15) is 0 Å². The van der Waals surface area contributed by atoms with Crippen LogP contribution in [-0.2, 0) is 17.6 Å². The van der Waals surface area contributed by atoms with Crippen molar-refractivity contribution in [3.05, 3.63) is 29.2 Å². The summed E-state index contributed by atoms with van der Waals surface area (Å²) in [6, 6.07) is 4.08. The highest BCUT2D eigenvalue weighted by Crippen LogP contribution is 2.28. The smallest absolute Gasteiger partial charge is 0.213 e. The predicted octanol–water partition coefficient (Wildman–Crippen LogP) is 2.77. The van der Waals surface area contributed by atoms with Gasteiger partial charge in [-0.05, 0) is 32.8 Å². The molecule has 1 aliphatic rings. The summed E-state index contributed by atoms with van der Waals surface area (Å²) >= 11 is 0. The predicted molar refractivity (Wildman–Crippen MR) is 111 cm³/mol. The van der Waals surface area contributed by atoms with Crippen LogP contribution in [0.15, 0.2) is 12.1 Å². The van der Waals surface area contributed by atoms with Gasteiger partial charge in [0.05, 0.1) is 42.0 Å². The number of aromatic nitrogens is 3. The third-order valence-electron chi connectivity index (χ3n) is 5.10. The number of nitrogens with zero attached hydrogens (tertiary/aromatic N) is 3. The zero-order valence-electron chi connectivity index (χ0n) is 17.5. The fraction of sp³-hybridized carbons (Fsp3) is 0.571. The van der Waals surface area contributed by atoms with Gasteiger partial charge in [0.2, 0.25) is 5.88 Å². The van der Waals surface area contributed by atoms with Gasteiger partial charge in [-0.15, -0.1) is 0 Å². The third kappa shape index (κ3) is 4.25. The summed E-state index contributed by atoms with van der Waals surface area (Å²) in [7, 11) is 1.63. The molecule has 2 aromatic rings. The Hall–Kier alpha value is -2.25. The lowest BCUT2D eigenvalue weighted by molar-refractivity contribution is 0.0709. The van der Waals surface area contributed by atoms with Gasteiger partial charge in [-0.3, -0.25) is 0 Å². The molecular formula is C21H31N5O2. The monoisotopic (exact) mass is 385 g/mol. The van der Waals surface area contributed by atoms with Crippen LogP contribution in [0, 0.1) is 6.92 Å². The van der Waals surface area contributed by atoms with Crippen molar-refractivity contribution in [1.82, 2.24) is 20.3 Å². The van der Waals surface area contributed by atoms with Gasteiger partial charge in [0, 0.05) is 31.3 Å². The summed E-state index contributed by atoms with van der Waals surface area (Å²) in [4.78, 5) is 14.5. The molecule has 3 rings (SSSR count). The number of aryl methyl sites for hydroxylation is 3. The van der Waals surface area contributed by atoms with Crippen molar-refractivity contribution >= 4 is 5.82 Å². The molecule has 0 spiro atoms. The first kappa shape index (κ1) is 20.5. The minimum absolute atomic E-state index is 0.147. The quantitative estimate of drug-likeness (QED) is 0.723. The molecule has 0 aromatic carbocycles. The molecule has 0 unspecified atom stereocenters. The van der Waals surface area contributed by atoms with E-state index in [2.05, 4.69) is 29.5 Å². The molecule has 2 aromatic heterocycles. The molecule has 0 aliphatic carbocycles. The molecule has 1 aliphatic heterocycles. The lowest BCUT2D eigenvalue weighted by atomic mass is 10.1. The van der Waals surface area contributed by atoms with Crippen LogP contribution >= 0.6 is 0 Å². The van der Waals surface area contributed by atoms with E-state index in [1.165, 1.54) is 0 Å². The SMILES string of the molecule is CCO[C@@H]1CNC[C@H]1Nc1nc(CC)c(-c2ccc(OC)nc2C)nc1CC. The molecule has 2 N–H and O–H groups in total. The molecule has 0 bridgehead atoms. The van der Waals surface area contributed by atoms with Crippen molar-refractivity contribution in [3.63, 3.8) is 0 Å². The Labute approximate surface area is 167 Å². The Balaban J connectivity index is 1.96. The first-order valence-corrected chi connectivity index (χ1v) is 10.1. The fourth-order valence-electron chi connectivity index (χ4n) is 3.59. The van der Waals surface area contributed by atoms with Crippen molar-refractivity contribution in [2.45, 2.75) is 52.7 Å². The van der Waals surface area contributed by atoms with Crippen molar-refractivity contribution in [2.24, 2.45) is 0 Å². The highest BCUT2D eigenvalue weighted by molar-refractivity contribution is 5.66. The number of rotatable bonds is 8. The van der Waals surface area contributed by atoms with Gasteiger partial charge >= 0.3 is 0 Å². The summed E-state index contributed by atoms with van der Waals surface area (Å²) in [5.41, 5.74) is 4.73. The molecule has 2 atom stereocenters. The van der Waals surface area contributed by atoms with Gasteiger partial charge in [0.15, 0.2) is 0 Å². The number of hydrogen-bond acceptors (Lipinski definition) is 7. The van der Waals surface area contributed by atoms with Gasteiger partial charge in [-0.2, -0.15) is 0 Å². The highest BCUT2D eigenvalue weighted by atomic mass is 16.5. The number of ether oxygens (including phenoxy) is 2. The van der Waals surface area contributed by atoms with E-state index in [4.69, 9.17) is 19.4 Å². The van der Waals surface area contributed by atoms with Gasteiger partial charge in [0.1, 0.15) is 5.82 Å². The number of anilines is 1. The molecule has 1 fully saturated rings. The molecule has 0 saturated carbocycles. The van der Waals surface area contributed by atoms with Crippen molar-refractivity contribution in [1.29, 1.82) is 0 Å². The summed E-state index contributed by atoms with van der Waals surface area (Å²) < 4.78 is 11.1. The number of pyridine rings is 1. The zero-order chi connectivity index (χ0) is 20.1. The Morgan fingerprint density at radius 3 is 2.50 bits per heavy atom. The van der Waals surface area contributed by atoms with E-state index in [1.807, 2.05) is 26.0 Å². The number of hydrogen-bond donors (Lipinski definition) is 2. The third-order valence-corrected chi connectivity index (χ3v) is 5.10. The van der Waals surface area contributed by atoms with Gasteiger partial charge in [0.25, 0.3) is 0 Å². The minimum atomic E-state index is 0.147. The van der Waals surface area contributed by atoms with Gasteiger partial charge < -0.3 is 20.1 Å². The van der Waals surface area contributed by atoms with Gasteiger partial charge in [-0.1, -0.05) is 13.8 Å². The summed E-state index contributed by atoms with van der Waals surface area (Å²) in [6.07, 6.45) is 1.74. The maximum Gasteiger partial charge on any atom is 0.213 e. The van der Waals surface area contributed by atoms with Crippen LogP contribution in [-0.4, -0.2) is 53.9 Å². The Morgan fingerprint density at radius 1 is 1.07 bits per heavy atom. The zero-order valence-corrected chi connectivity index (χ0v) is 17.5. The van der Waals surface area contributed by atoms with Crippen LogP contribution in [0.5, 0.6) is 5.88 Å². The minimum Gasteiger partial charge on any atom is -0.481 e. The second kappa shape index (κ2) is 9.30. The van der Waals surface area contributed by atoms with E-state index in [1.54, 1.807) is 7.11 Å². The van der Waals surface area contributed by atoms with E-state index in [0.717, 1.165) is 60.1 Å². The average Bonchev–Trinajstić information content (AvgIpc) is 3.14. The lowest BCUT2D eigenvalue weighted by Crippen LogP contribution is -2.35. The molecule has 3 heterocycles. The topological polar surface area (TPSA) is 81.2 Å². The Bertz CT molecular complexity index is 812. The highest BCUT2D eigenvalue weighted by Gasteiger charge is 2.29. The number of nitrogens with one attached hydrogen (secondary N) is 2. The lowest BCUT2D eigenvalue weighted by Gasteiger charge is -2.22. The van der Waals surface area contributed by atoms with E-state index in [-0.39, 0.29) is 12.1 Å². The standard InChI is InChI=1S/C21H31N5O2/c1-6-15-20(14-9-10-19(27-5)23-13(14)4)24-16(7-2)21(25-15)26-17-11-22-12-18(17)28-8-3/h9-10,17-18,22H,6-8,11-12H2,1-5H3,(H,25,26)/t17-,18-/m1/s1. The van der Waals surface area contributed by atoms with Crippen LogP contribution in [0.1, 0.15) is 37.9 Å². The molecule has 7 heteroatoms. The average molecular weight is 386 g/mol. The molecule has 152 valence electrons. The first-order valence-electron chi connectivity index (χ1n) is 10.1. The molecule has 28 heavy (non-hydrogen) atoms. The maximum absolute atomic E-state index is 5.86. The van der Waals surface area contributed by atoms with E-state index >= 15 is 0 Å². The Morgan fingerprint density at radius 2 is 1.86 bits per heavy atom. The molecule has 0 radical (unpaired) electrons. The van der Waals surface area contributed by atoms with Crippen LogP contribution in [0.25, 0.3) is 11.3 Å². The molecule has 7 nitrogen and oxygen atoms in total. The molecular weight excluding hydrogens is 354 g/mol. The maximum atomic E-state index is 5.86. The number of methoxy groups -OCH3 is 1. The van der Waals surface area contributed by atoms with E-state index < -0.39 is 0 Å². The second-order valence-electron chi connectivity index (χ2n) is 6.91. The van der Waals surface area contributed by atoms with Crippen LogP contribution in [0.2, 0.25) is 0 Å². The molecule has 0 amide bonds. The first-order chi connectivity index (χ1) is 13.6. The normalized spacial score (nSPS) is 19.0.